The fraction of sp³-hybridized carbons (Fsp3) is 1.00. The summed E-state index contributed by atoms with van der Waals surface area (Å²) in [5, 5.41) is 21.4. The molecule has 0 aromatic carbocycles. The van der Waals surface area contributed by atoms with Crippen LogP contribution in [-0.2, 0) is 0 Å². The second-order valence-electron chi connectivity index (χ2n) is 2.78. The first-order valence-corrected chi connectivity index (χ1v) is 3.49. The van der Waals surface area contributed by atoms with Crippen molar-refractivity contribution in [2.45, 2.75) is 31.2 Å². The van der Waals surface area contributed by atoms with Gasteiger partial charge in [-0.05, 0) is 6.92 Å². The molecule has 0 aromatic rings. The van der Waals surface area contributed by atoms with E-state index in [9.17, 15) is 10.2 Å². The summed E-state index contributed by atoms with van der Waals surface area (Å²) >= 11 is 0. The van der Waals surface area contributed by atoms with E-state index in [1.54, 1.807) is 0 Å². The van der Waals surface area contributed by atoms with Gasteiger partial charge in [0, 0.05) is 18.6 Å². The van der Waals surface area contributed by atoms with Gasteiger partial charge in [0.1, 0.15) is 0 Å². The van der Waals surface area contributed by atoms with Gasteiger partial charge in [0.25, 0.3) is 0 Å². The fourth-order valence-corrected chi connectivity index (χ4v) is 1.28. The van der Waals surface area contributed by atoms with Gasteiger partial charge in [0.15, 0.2) is 0 Å². The number of aliphatic hydroxyl groups excluding tert-OH is 2. The van der Waals surface area contributed by atoms with Crippen molar-refractivity contribution in [1.82, 2.24) is 5.32 Å². The Morgan fingerprint density at radius 3 is 2.20 bits per heavy atom. The van der Waals surface area contributed by atoms with E-state index in [-0.39, 0.29) is 12.1 Å². The minimum atomic E-state index is -0.708. The molecule has 1 heterocycles. The Balaban J connectivity index is 2.53. The predicted molar refractivity (Wildman–Crippen MR) is 37.5 cm³/mol. The molecule has 0 amide bonds. The number of nitrogens with one attached hydrogen (secondary N) is 1. The molecule has 1 aliphatic heterocycles. The van der Waals surface area contributed by atoms with Crippen LogP contribution in [0, 0.1) is 0 Å². The van der Waals surface area contributed by atoms with Crippen molar-refractivity contribution in [3.05, 3.63) is 0 Å². The highest BCUT2D eigenvalue weighted by atomic mass is 16.3. The molecule has 1 rings (SSSR count). The standard InChI is InChI=1S/C6H14N2O2/c1-3-5(9)6(10)4(2-7)8-3/h3-6,8-10H,2,7H2,1H3/t3-,4?,5+,6+/m0/s1. The average molecular weight is 146 g/mol. The third-order valence-corrected chi connectivity index (χ3v) is 2.01. The molecule has 4 atom stereocenters. The van der Waals surface area contributed by atoms with Gasteiger partial charge < -0.3 is 21.3 Å². The van der Waals surface area contributed by atoms with Crippen LogP contribution in [0.5, 0.6) is 0 Å². The third-order valence-electron chi connectivity index (χ3n) is 2.01. The molecule has 0 spiro atoms. The zero-order valence-electron chi connectivity index (χ0n) is 5.99. The Morgan fingerprint density at radius 2 is 2.00 bits per heavy atom. The Morgan fingerprint density at radius 1 is 1.40 bits per heavy atom. The number of rotatable bonds is 1. The van der Waals surface area contributed by atoms with E-state index < -0.39 is 12.2 Å². The summed E-state index contributed by atoms with van der Waals surface area (Å²) in [7, 11) is 0. The quantitative estimate of drug-likeness (QED) is 0.346. The first-order valence-electron chi connectivity index (χ1n) is 3.49. The summed E-state index contributed by atoms with van der Waals surface area (Å²) in [6.07, 6.45) is -1.38. The first kappa shape index (κ1) is 7.94. The van der Waals surface area contributed by atoms with E-state index in [2.05, 4.69) is 5.32 Å². The van der Waals surface area contributed by atoms with E-state index in [0.717, 1.165) is 0 Å². The Labute approximate surface area is 60.0 Å². The zero-order valence-corrected chi connectivity index (χ0v) is 5.99. The molecule has 0 aliphatic carbocycles. The second-order valence-corrected chi connectivity index (χ2v) is 2.78. The summed E-state index contributed by atoms with van der Waals surface area (Å²) in [5.41, 5.74) is 5.32. The van der Waals surface area contributed by atoms with Gasteiger partial charge in [0.05, 0.1) is 12.2 Å². The lowest BCUT2D eigenvalue weighted by Crippen LogP contribution is -2.39. The van der Waals surface area contributed by atoms with Crippen LogP contribution < -0.4 is 11.1 Å². The molecule has 1 fully saturated rings. The van der Waals surface area contributed by atoms with Gasteiger partial charge in [-0.15, -0.1) is 0 Å². The van der Waals surface area contributed by atoms with Crippen LogP contribution >= 0.6 is 0 Å². The van der Waals surface area contributed by atoms with Gasteiger partial charge >= 0.3 is 0 Å². The van der Waals surface area contributed by atoms with Crippen molar-refractivity contribution >= 4 is 0 Å². The molecular weight excluding hydrogens is 132 g/mol. The number of nitrogens with two attached hydrogens (primary N) is 1. The van der Waals surface area contributed by atoms with E-state index >= 15 is 0 Å². The molecular formula is C6H14N2O2. The highest BCUT2D eigenvalue weighted by molar-refractivity contribution is 4.96. The van der Waals surface area contributed by atoms with Crippen LogP contribution in [0.3, 0.4) is 0 Å². The molecule has 4 nitrogen and oxygen atoms in total. The smallest absolute Gasteiger partial charge is 0.0979 e. The summed E-state index contributed by atoms with van der Waals surface area (Å²) in [6.45, 7) is 2.19. The lowest BCUT2D eigenvalue weighted by Gasteiger charge is -2.12. The summed E-state index contributed by atoms with van der Waals surface area (Å²) < 4.78 is 0. The van der Waals surface area contributed by atoms with E-state index in [4.69, 9.17) is 5.73 Å². The van der Waals surface area contributed by atoms with Gasteiger partial charge in [0.2, 0.25) is 0 Å². The minimum Gasteiger partial charge on any atom is -0.389 e. The topological polar surface area (TPSA) is 78.5 Å². The molecule has 5 N–H and O–H groups in total. The summed E-state index contributed by atoms with van der Waals surface area (Å²) in [4.78, 5) is 0. The average Bonchev–Trinajstić information content (AvgIpc) is 2.17. The van der Waals surface area contributed by atoms with Crippen LogP contribution in [-0.4, -0.2) is 41.0 Å². The predicted octanol–water partition coefficient (Wildman–Crippen LogP) is -1.97. The molecule has 0 aromatic heterocycles. The Hall–Kier alpha value is -0.160. The highest BCUT2D eigenvalue weighted by Gasteiger charge is 2.37. The Bertz CT molecular complexity index is 120. The molecule has 1 aliphatic rings. The Kier molecular flexibility index (Phi) is 2.25. The molecule has 0 radical (unpaired) electrons. The summed E-state index contributed by atoms with van der Waals surface area (Å²) in [5.74, 6) is 0. The van der Waals surface area contributed by atoms with Crippen molar-refractivity contribution in [1.29, 1.82) is 0 Å². The van der Waals surface area contributed by atoms with Gasteiger partial charge in [-0.25, -0.2) is 0 Å². The molecule has 1 saturated heterocycles. The number of aliphatic hydroxyl groups is 2. The zero-order chi connectivity index (χ0) is 7.72. The van der Waals surface area contributed by atoms with E-state index in [0.29, 0.717) is 6.54 Å². The molecule has 4 heteroatoms. The normalized spacial score (nSPS) is 48.0. The maximum Gasteiger partial charge on any atom is 0.0979 e. The second kappa shape index (κ2) is 2.84. The van der Waals surface area contributed by atoms with Crippen molar-refractivity contribution in [2.24, 2.45) is 5.73 Å². The van der Waals surface area contributed by atoms with Crippen molar-refractivity contribution in [3.63, 3.8) is 0 Å². The van der Waals surface area contributed by atoms with Crippen molar-refractivity contribution in [2.75, 3.05) is 6.54 Å². The molecule has 10 heavy (non-hydrogen) atoms. The minimum absolute atomic E-state index is 0.0523. The van der Waals surface area contributed by atoms with Crippen LogP contribution in [0.25, 0.3) is 0 Å². The van der Waals surface area contributed by atoms with Crippen LogP contribution in [0.15, 0.2) is 0 Å². The highest BCUT2D eigenvalue weighted by Crippen LogP contribution is 2.12. The van der Waals surface area contributed by atoms with E-state index in [1.807, 2.05) is 6.92 Å². The maximum atomic E-state index is 9.24. The molecule has 1 unspecified atom stereocenters. The van der Waals surface area contributed by atoms with Crippen molar-refractivity contribution < 1.29 is 10.2 Å². The number of hydrogen-bond acceptors (Lipinski definition) is 4. The van der Waals surface area contributed by atoms with Crippen LogP contribution in [0.4, 0.5) is 0 Å². The van der Waals surface area contributed by atoms with E-state index in [1.165, 1.54) is 0 Å². The SMILES string of the molecule is C[C@@H]1NC(CN)[C@@H](O)[C@@H]1O. The monoisotopic (exact) mass is 146 g/mol. The van der Waals surface area contributed by atoms with Crippen LogP contribution in [0.1, 0.15) is 6.92 Å². The molecule has 0 saturated carbocycles. The third kappa shape index (κ3) is 1.15. The van der Waals surface area contributed by atoms with Gasteiger partial charge in [-0.1, -0.05) is 0 Å². The lowest BCUT2D eigenvalue weighted by molar-refractivity contribution is 0.0315. The lowest BCUT2D eigenvalue weighted by atomic mass is 10.1. The molecule has 0 bridgehead atoms. The van der Waals surface area contributed by atoms with Gasteiger partial charge in [-0.3, -0.25) is 0 Å². The van der Waals surface area contributed by atoms with Crippen LogP contribution in [0.2, 0.25) is 0 Å². The first-order chi connectivity index (χ1) is 4.66. The fourth-order valence-electron chi connectivity index (χ4n) is 1.28. The number of hydrogen-bond donors (Lipinski definition) is 4. The largest absolute Gasteiger partial charge is 0.389 e. The van der Waals surface area contributed by atoms with Crippen molar-refractivity contribution in [3.8, 4) is 0 Å². The summed E-state index contributed by atoms with van der Waals surface area (Å²) in [6, 6.07) is -0.200. The van der Waals surface area contributed by atoms with Gasteiger partial charge in [-0.2, -0.15) is 0 Å². The maximum absolute atomic E-state index is 9.24. The molecule has 60 valence electrons.